The van der Waals surface area contributed by atoms with E-state index in [1.54, 1.807) is 13.0 Å². The number of amides is 1. The predicted molar refractivity (Wildman–Crippen MR) is 95.3 cm³/mol. The molecular formula is C19H19FN2O4S. The summed E-state index contributed by atoms with van der Waals surface area (Å²) in [5, 5.41) is 1.28. The second-order valence-corrected chi connectivity index (χ2v) is 8.98. The van der Waals surface area contributed by atoms with Crippen LogP contribution in [0.4, 0.5) is 4.39 Å². The van der Waals surface area contributed by atoms with Crippen LogP contribution in [0.25, 0.3) is 0 Å². The number of rotatable bonds is 4. The maximum absolute atomic E-state index is 14.1. The number of sulfonamides is 1. The number of hydrogen-bond donors (Lipinski definition) is 0. The molecule has 0 unspecified atom stereocenters. The quantitative estimate of drug-likeness (QED) is 0.803. The van der Waals surface area contributed by atoms with Gasteiger partial charge in [0.1, 0.15) is 16.3 Å². The van der Waals surface area contributed by atoms with E-state index in [1.165, 1.54) is 17.2 Å². The third-order valence-corrected chi connectivity index (χ3v) is 6.68. The molecule has 2 aromatic rings. The zero-order valence-electron chi connectivity index (χ0n) is 14.8. The van der Waals surface area contributed by atoms with Crippen LogP contribution in [0.3, 0.4) is 0 Å². The molecule has 2 fully saturated rings. The number of nitrogens with zero attached hydrogens (tertiary/aromatic N) is 2. The molecule has 0 radical (unpaired) electrons. The zero-order chi connectivity index (χ0) is 19.2. The average Bonchev–Trinajstić information content (AvgIpc) is 2.91. The first-order chi connectivity index (χ1) is 12.8. The third-order valence-electron chi connectivity index (χ3n) is 4.86. The number of hydrogen-bond acceptors (Lipinski definition) is 4. The number of hydroxylamine groups is 2. The predicted octanol–water partition coefficient (Wildman–Crippen LogP) is 2.24. The highest BCUT2D eigenvalue weighted by Gasteiger charge is 2.57. The normalized spacial score (nSPS) is 19.5. The van der Waals surface area contributed by atoms with Crippen molar-refractivity contribution in [1.29, 1.82) is 0 Å². The zero-order valence-corrected chi connectivity index (χ0v) is 15.6. The van der Waals surface area contributed by atoms with Gasteiger partial charge in [0, 0.05) is 13.1 Å². The maximum Gasteiger partial charge on any atom is 0.249 e. The number of aryl methyl sites for hydroxylation is 1. The minimum atomic E-state index is -3.96. The Morgan fingerprint density at radius 1 is 1.15 bits per heavy atom. The van der Waals surface area contributed by atoms with Crippen LogP contribution in [0.15, 0.2) is 53.4 Å². The van der Waals surface area contributed by atoms with Gasteiger partial charge in [-0.1, -0.05) is 36.4 Å². The molecule has 1 spiro atoms. The maximum atomic E-state index is 14.1. The molecule has 6 nitrogen and oxygen atoms in total. The summed E-state index contributed by atoms with van der Waals surface area (Å²) in [6.07, 6.45) is 0.113. The minimum Gasteiger partial charge on any atom is -0.272 e. The first-order valence-electron chi connectivity index (χ1n) is 8.59. The van der Waals surface area contributed by atoms with Crippen LogP contribution in [-0.2, 0) is 26.2 Å². The van der Waals surface area contributed by atoms with E-state index >= 15 is 0 Å². The third kappa shape index (κ3) is 3.24. The molecule has 2 aromatic carbocycles. The van der Waals surface area contributed by atoms with Crippen molar-refractivity contribution in [2.45, 2.75) is 30.4 Å². The Bertz CT molecular complexity index is 988. The topological polar surface area (TPSA) is 66.9 Å². The van der Waals surface area contributed by atoms with Gasteiger partial charge in [-0.3, -0.25) is 9.63 Å². The van der Waals surface area contributed by atoms with Crippen LogP contribution in [0.2, 0.25) is 0 Å². The summed E-state index contributed by atoms with van der Waals surface area (Å²) < 4.78 is 40.6. The summed E-state index contributed by atoms with van der Waals surface area (Å²) >= 11 is 0. The molecule has 27 heavy (non-hydrogen) atoms. The van der Waals surface area contributed by atoms with Gasteiger partial charge in [-0.15, -0.1) is 0 Å². The lowest BCUT2D eigenvalue weighted by atomic mass is 9.94. The van der Waals surface area contributed by atoms with E-state index in [2.05, 4.69) is 0 Å². The number of benzene rings is 2. The summed E-state index contributed by atoms with van der Waals surface area (Å²) in [6.45, 7) is 2.05. The highest BCUT2D eigenvalue weighted by Crippen LogP contribution is 2.39. The van der Waals surface area contributed by atoms with Gasteiger partial charge in [0.05, 0.1) is 13.0 Å². The lowest BCUT2D eigenvalue weighted by molar-refractivity contribution is -0.228. The summed E-state index contributed by atoms with van der Waals surface area (Å²) in [7, 11) is -3.96. The number of carbonyl (C=O) groups is 1. The molecule has 8 heteroatoms. The van der Waals surface area contributed by atoms with Crippen molar-refractivity contribution in [1.82, 2.24) is 9.37 Å². The monoisotopic (exact) mass is 390 g/mol. The SMILES string of the molecule is Cc1ccc(S(=O)(=O)N2CC3(CC(=O)N(Cc4ccccc4)O3)C2)c(F)c1. The second kappa shape index (κ2) is 6.40. The van der Waals surface area contributed by atoms with E-state index < -0.39 is 21.4 Å². The molecule has 0 saturated carbocycles. The summed E-state index contributed by atoms with van der Waals surface area (Å²) in [5.74, 6) is -0.956. The molecule has 2 aliphatic heterocycles. The molecule has 0 N–H and O–H groups in total. The van der Waals surface area contributed by atoms with Crippen LogP contribution < -0.4 is 0 Å². The van der Waals surface area contributed by atoms with Gasteiger partial charge in [-0.05, 0) is 30.2 Å². The first-order valence-corrected chi connectivity index (χ1v) is 10.0. The van der Waals surface area contributed by atoms with Crippen molar-refractivity contribution >= 4 is 15.9 Å². The van der Waals surface area contributed by atoms with Crippen LogP contribution >= 0.6 is 0 Å². The fourth-order valence-electron chi connectivity index (χ4n) is 3.44. The van der Waals surface area contributed by atoms with Gasteiger partial charge in [0.15, 0.2) is 0 Å². The molecule has 0 aromatic heterocycles. The molecule has 0 bridgehead atoms. The van der Waals surface area contributed by atoms with Crippen LogP contribution in [0.5, 0.6) is 0 Å². The van der Waals surface area contributed by atoms with E-state index in [0.717, 1.165) is 9.87 Å². The highest BCUT2D eigenvalue weighted by molar-refractivity contribution is 7.89. The smallest absolute Gasteiger partial charge is 0.249 e. The molecule has 0 aliphatic carbocycles. The molecule has 2 aliphatic rings. The number of halogens is 1. The van der Waals surface area contributed by atoms with Crippen molar-refractivity contribution in [3.05, 3.63) is 65.5 Å². The van der Waals surface area contributed by atoms with Gasteiger partial charge in [-0.25, -0.2) is 17.9 Å². The molecule has 4 rings (SSSR count). The van der Waals surface area contributed by atoms with Crippen LogP contribution in [0.1, 0.15) is 17.5 Å². The van der Waals surface area contributed by atoms with Crippen LogP contribution in [-0.4, -0.2) is 42.4 Å². The Morgan fingerprint density at radius 2 is 1.85 bits per heavy atom. The van der Waals surface area contributed by atoms with Crippen molar-refractivity contribution in [2.24, 2.45) is 0 Å². The van der Waals surface area contributed by atoms with E-state index in [4.69, 9.17) is 4.84 Å². The lowest BCUT2D eigenvalue weighted by Gasteiger charge is -2.44. The fourth-order valence-corrected chi connectivity index (χ4v) is 5.07. The van der Waals surface area contributed by atoms with E-state index in [9.17, 15) is 17.6 Å². The van der Waals surface area contributed by atoms with E-state index in [1.807, 2.05) is 30.3 Å². The van der Waals surface area contributed by atoms with E-state index in [0.29, 0.717) is 12.1 Å². The van der Waals surface area contributed by atoms with Crippen LogP contribution in [0, 0.1) is 12.7 Å². The molecule has 2 saturated heterocycles. The molecular weight excluding hydrogens is 371 g/mol. The Balaban J connectivity index is 1.46. The molecule has 0 atom stereocenters. The summed E-state index contributed by atoms with van der Waals surface area (Å²) in [6, 6.07) is 13.4. The van der Waals surface area contributed by atoms with Gasteiger partial charge in [-0.2, -0.15) is 4.31 Å². The van der Waals surface area contributed by atoms with Gasteiger partial charge in [0.25, 0.3) is 0 Å². The number of carbonyl (C=O) groups excluding carboxylic acids is 1. The minimum absolute atomic E-state index is 0.0275. The van der Waals surface area contributed by atoms with Crippen molar-refractivity contribution in [3.8, 4) is 0 Å². The van der Waals surface area contributed by atoms with Crippen molar-refractivity contribution in [3.63, 3.8) is 0 Å². The van der Waals surface area contributed by atoms with Gasteiger partial charge < -0.3 is 0 Å². The first kappa shape index (κ1) is 18.1. The largest absolute Gasteiger partial charge is 0.272 e. The standard InChI is InChI=1S/C19H19FN2O4S/c1-14-7-8-17(16(20)9-14)27(24,25)21-12-19(13-21)10-18(23)22(26-19)11-15-5-3-2-4-6-15/h2-9H,10-13H2,1H3. The average molecular weight is 390 g/mol. The molecule has 142 valence electrons. The Morgan fingerprint density at radius 3 is 2.52 bits per heavy atom. The Hall–Kier alpha value is -2.29. The Kier molecular flexibility index (Phi) is 4.29. The second-order valence-electron chi connectivity index (χ2n) is 7.07. The fraction of sp³-hybridized carbons (Fsp3) is 0.316. The molecule has 1 amide bonds. The van der Waals surface area contributed by atoms with Crippen molar-refractivity contribution < 1.29 is 22.4 Å². The Labute approximate surface area is 157 Å². The van der Waals surface area contributed by atoms with Gasteiger partial charge >= 0.3 is 0 Å². The van der Waals surface area contributed by atoms with E-state index in [-0.39, 0.29) is 30.3 Å². The highest BCUT2D eigenvalue weighted by atomic mass is 32.2. The molecule has 2 heterocycles. The van der Waals surface area contributed by atoms with Gasteiger partial charge in [0.2, 0.25) is 15.9 Å². The summed E-state index contributed by atoms with van der Waals surface area (Å²) in [4.78, 5) is 17.7. The lowest BCUT2D eigenvalue weighted by Crippen LogP contribution is -2.63. The van der Waals surface area contributed by atoms with Crippen molar-refractivity contribution in [2.75, 3.05) is 13.1 Å². The summed E-state index contributed by atoms with van der Waals surface area (Å²) in [5.41, 5.74) is 0.710.